The third kappa shape index (κ3) is 4.41. The first-order chi connectivity index (χ1) is 12.6. The molecule has 4 heteroatoms. The van der Waals surface area contributed by atoms with Crippen LogP contribution in [0.1, 0.15) is 23.7 Å². The summed E-state index contributed by atoms with van der Waals surface area (Å²) in [6, 6.07) is 21.4. The van der Waals surface area contributed by atoms with E-state index in [1.807, 2.05) is 73.7 Å². The van der Waals surface area contributed by atoms with E-state index in [1.165, 1.54) is 0 Å². The average Bonchev–Trinajstić information content (AvgIpc) is 2.67. The highest BCUT2D eigenvalue weighted by molar-refractivity contribution is 5.86. The Morgan fingerprint density at radius 3 is 2.62 bits per heavy atom. The van der Waals surface area contributed by atoms with Crippen molar-refractivity contribution >= 4 is 16.7 Å². The number of aryl methyl sites for hydroxylation is 1. The van der Waals surface area contributed by atoms with E-state index in [-0.39, 0.29) is 12.5 Å². The molecule has 0 aliphatic carbocycles. The van der Waals surface area contributed by atoms with E-state index in [2.05, 4.69) is 5.32 Å². The summed E-state index contributed by atoms with van der Waals surface area (Å²) >= 11 is 0. The summed E-state index contributed by atoms with van der Waals surface area (Å²) in [6.45, 7) is 2.29. The van der Waals surface area contributed by atoms with Gasteiger partial charge in [0.25, 0.3) is 5.91 Å². The van der Waals surface area contributed by atoms with Gasteiger partial charge in [0.1, 0.15) is 5.75 Å². The van der Waals surface area contributed by atoms with Crippen LogP contribution in [-0.4, -0.2) is 24.2 Å². The quantitative estimate of drug-likeness (QED) is 0.683. The minimum absolute atomic E-state index is 0.0325. The fourth-order valence-corrected chi connectivity index (χ4v) is 2.96. The highest BCUT2D eigenvalue weighted by Crippen LogP contribution is 2.25. The third-order valence-electron chi connectivity index (χ3n) is 4.37. The first-order valence-corrected chi connectivity index (χ1v) is 8.76. The van der Waals surface area contributed by atoms with Crippen molar-refractivity contribution < 1.29 is 14.6 Å². The molecule has 0 radical (unpaired) electrons. The zero-order chi connectivity index (χ0) is 18.4. The predicted molar refractivity (Wildman–Crippen MR) is 103 cm³/mol. The first-order valence-electron chi connectivity index (χ1n) is 8.76. The Bertz CT molecular complexity index is 886. The molecule has 4 nitrogen and oxygen atoms in total. The summed E-state index contributed by atoms with van der Waals surface area (Å²) in [5.41, 5.74) is 1.88. The van der Waals surface area contributed by atoms with Crippen molar-refractivity contribution in [2.75, 3.05) is 13.2 Å². The molecule has 0 aliphatic rings. The van der Waals surface area contributed by atoms with Gasteiger partial charge in [-0.05, 0) is 41.3 Å². The molecule has 134 valence electrons. The van der Waals surface area contributed by atoms with Crippen LogP contribution in [0.25, 0.3) is 10.8 Å². The van der Waals surface area contributed by atoms with E-state index in [0.29, 0.717) is 18.7 Å². The summed E-state index contributed by atoms with van der Waals surface area (Å²) in [5.74, 6) is 0.511. The molecular weight excluding hydrogens is 326 g/mol. The SMILES string of the molecule is Cc1ccccc1OCC(=O)NCCC(O)c1cccc2ccccc12. The van der Waals surface area contributed by atoms with Crippen molar-refractivity contribution in [2.24, 2.45) is 0 Å². The Kier molecular flexibility index (Phi) is 5.87. The molecule has 3 aromatic rings. The van der Waals surface area contributed by atoms with Crippen LogP contribution in [0.3, 0.4) is 0 Å². The second kappa shape index (κ2) is 8.50. The molecule has 0 fully saturated rings. The van der Waals surface area contributed by atoms with Crippen LogP contribution >= 0.6 is 0 Å². The largest absolute Gasteiger partial charge is 0.484 e. The van der Waals surface area contributed by atoms with Crippen LogP contribution in [0.5, 0.6) is 5.75 Å². The van der Waals surface area contributed by atoms with Crippen LogP contribution in [-0.2, 0) is 4.79 Å². The van der Waals surface area contributed by atoms with Crippen LogP contribution in [0.2, 0.25) is 0 Å². The minimum atomic E-state index is -0.626. The summed E-state index contributed by atoms with van der Waals surface area (Å²) in [7, 11) is 0. The van der Waals surface area contributed by atoms with Crippen molar-refractivity contribution in [3.8, 4) is 5.75 Å². The Labute approximate surface area is 153 Å². The maximum Gasteiger partial charge on any atom is 0.257 e. The number of hydrogen-bond acceptors (Lipinski definition) is 3. The maximum absolute atomic E-state index is 11.9. The van der Waals surface area contributed by atoms with Gasteiger partial charge in [0.15, 0.2) is 6.61 Å². The van der Waals surface area contributed by atoms with E-state index in [0.717, 1.165) is 21.9 Å². The molecule has 0 bridgehead atoms. The zero-order valence-electron chi connectivity index (χ0n) is 14.8. The number of aliphatic hydroxyl groups is 1. The highest BCUT2D eigenvalue weighted by Gasteiger charge is 2.12. The number of carbonyl (C=O) groups is 1. The van der Waals surface area contributed by atoms with Gasteiger partial charge in [0.05, 0.1) is 6.10 Å². The molecule has 0 aliphatic heterocycles. The van der Waals surface area contributed by atoms with Gasteiger partial charge >= 0.3 is 0 Å². The Morgan fingerprint density at radius 2 is 1.77 bits per heavy atom. The van der Waals surface area contributed by atoms with Gasteiger partial charge < -0.3 is 15.2 Å². The number of amides is 1. The van der Waals surface area contributed by atoms with Gasteiger partial charge in [-0.25, -0.2) is 0 Å². The molecule has 0 aromatic heterocycles. The normalized spacial score (nSPS) is 11.9. The molecule has 0 saturated carbocycles. The number of ether oxygens (including phenoxy) is 1. The van der Waals surface area contributed by atoms with Crippen molar-refractivity contribution in [1.82, 2.24) is 5.32 Å². The molecule has 0 spiro atoms. The molecule has 0 saturated heterocycles. The molecular formula is C22H23NO3. The monoisotopic (exact) mass is 349 g/mol. The highest BCUT2D eigenvalue weighted by atomic mass is 16.5. The topological polar surface area (TPSA) is 58.6 Å². The number of rotatable bonds is 7. The smallest absolute Gasteiger partial charge is 0.257 e. The van der Waals surface area contributed by atoms with Crippen molar-refractivity contribution in [2.45, 2.75) is 19.4 Å². The lowest BCUT2D eigenvalue weighted by atomic mass is 9.99. The molecule has 26 heavy (non-hydrogen) atoms. The first kappa shape index (κ1) is 18.0. The minimum Gasteiger partial charge on any atom is -0.484 e. The number of hydrogen-bond donors (Lipinski definition) is 2. The van der Waals surface area contributed by atoms with Crippen LogP contribution in [0.4, 0.5) is 0 Å². The Morgan fingerprint density at radius 1 is 1.04 bits per heavy atom. The van der Waals surface area contributed by atoms with Gasteiger partial charge in [0, 0.05) is 6.54 Å². The van der Waals surface area contributed by atoms with Crippen LogP contribution in [0.15, 0.2) is 66.7 Å². The molecule has 1 atom stereocenters. The average molecular weight is 349 g/mol. The van der Waals surface area contributed by atoms with Gasteiger partial charge in [-0.15, -0.1) is 0 Å². The van der Waals surface area contributed by atoms with Gasteiger partial charge in [-0.2, -0.15) is 0 Å². The molecule has 3 aromatic carbocycles. The lowest BCUT2D eigenvalue weighted by Crippen LogP contribution is -2.30. The summed E-state index contributed by atoms with van der Waals surface area (Å²) < 4.78 is 5.52. The molecule has 1 unspecified atom stereocenters. The van der Waals surface area contributed by atoms with Crippen molar-refractivity contribution in [3.05, 3.63) is 77.9 Å². The number of para-hydroxylation sites is 1. The fraction of sp³-hybridized carbons (Fsp3) is 0.227. The number of carbonyl (C=O) groups excluding carboxylic acids is 1. The number of fused-ring (bicyclic) bond motifs is 1. The van der Waals surface area contributed by atoms with E-state index in [1.54, 1.807) is 0 Å². The van der Waals surface area contributed by atoms with Gasteiger partial charge in [-0.3, -0.25) is 4.79 Å². The molecule has 0 heterocycles. The van der Waals surface area contributed by atoms with E-state index < -0.39 is 6.10 Å². The lowest BCUT2D eigenvalue weighted by Gasteiger charge is -2.14. The van der Waals surface area contributed by atoms with Crippen LogP contribution < -0.4 is 10.1 Å². The number of benzene rings is 3. The summed E-state index contributed by atoms with van der Waals surface area (Å²) in [5, 5.41) is 15.4. The Hall–Kier alpha value is -2.85. The lowest BCUT2D eigenvalue weighted by molar-refractivity contribution is -0.123. The molecule has 2 N–H and O–H groups in total. The van der Waals surface area contributed by atoms with E-state index in [9.17, 15) is 9.90 Å². The standard InChI is InChI=1S/C22H23NO3/c1-16-7-2-5-12-21(16)26-15-22(25)23-14-13-20(24)19-11-6-9-17-8-3-4-10-18(17)19/h2-12,20,24H,13-15H2,1H3,(H,23,25). The predicted octanol–water partition coefficient (Wildman–Crippen LogP) is 3.77. The maximum atomic E-state index is 11.9. The van der Waals surface area contributed by atoms with E-state index >= 15 is 0 Å². The van der Waals surface area contributed by atoms with Gasteiger partial charge in [0.2, 0.25) is 0 Å². The second-order valence-corrected chi connectivity index (χ2v) is 6.28. The Balaban J connectivity index is 1.49. The second-order valence-electron chi connectivity index (χ2n) is 6.28. The zero-order valence-corrected chi connectivity index (χ0v) is 14.8. The third-order valence-corrected chi connectivity index (χ3v) is 4.37. The van der Waals surface area contributed by atoms with Crippen LogP contribution in [0, 0.1) is 6.92 Å². The van der Waals surface area contributed by atoms with Gasteiger partial charge in [-0.1, -0.05) is 60.7 Å². The number of nitrogens with one attached hydrogen (secondary N) is 1. The van der Waals surface area contributed by atoms with E-state index in [4.69, 9.17) is 4.74 Å². The summed E-state index contributed by atoms with van der Waals surface area (Å²) in [4.78, 5) is 11.9. The summed E-state index contributed by atoms with van der Waals surface area (Å²) in [6.07, 6.45) is -0.178. The number of aliphatic hydroxyl groups excluding tert-OH is 1. The molecule has 3 rings (SSSR count). The molecule has 1 amide bonds. The van der Waals surface area contributed by atoms with Crippen molar-refractivity contribution in [3.63, 3.8) is 0 Å². The fourth-order valence-electron chi connectivity index (χ4n) is 2.96. The van der Waals surface area contributed by atoms with Crippen molar-refractivity contribution in [1.29, 1.82) is 0 Å².